The summed E-state index contributed by atoms with van der Waals surface area (Å²) in [5.74, 6) is 1.42. The second kappa shape index (κ2) is 4.23. The SMILES string of the molecule is O=CN[C@H]1C2CCC[C@@H]1C1=C(CCCC1)C2. The lowest BCUT2D eigenvalue weighted by Crippen LogP contribution is -2.48. The van der Waals surface area contributed by atoms with Crippen molar-refractivity contribution in [3.05, 3.63) is 11.1 Å². The first-order valence-corrected chi connectivity index (χ1v) is 6.80. The van der Waals surface area contributed by atoms with E-state index in [1.54, 1.807) is 11.1 Å². The molecule has 2 bridgehead atoms. The van der Waals surface area contributed by atoms with Crippen LogP contribution in [-0.4, -0.2) is 12.5 Å². The van der Waals surface area contributed by atoms with E-state index in [-0.39, 0.29) is 0 Å². The Morgan fingerprint density at radius 2 is 2.00 bits per heavy atom. The van der Waals surface area contributed by atoms with Crippen LogP contribution in [0, 0.1) is 11.8 Å². The van der Waals surface area contributed by atoms with Crippen LogP contribution in [-0.2, 0) is 4.79 Å². The Labute approximate surface area is 97.5 Å². The molecule has 0 aromatic carbocycles. The monoisotopic (exact) mass is 219 g/mol. The molecule has 1 amide bonds. The molecule has 3 aliphatic carbocycles. The van der Waals surface area contributed by atoms with Gasteiger partial charge in [-0.2, -0.15) is 0 Å². The van der Waals surface area contributed by atoms with Gasteiger partial charge in [-0.25, -0.2) is 0 Å². The largest absolute Gasteiger partial charge is 0.355 e. The van der Waals surface area contributed by atoms with E-state index in [1.165, 1.54) is 51.4 Å². The van der Waals surface area contributed by atoms with Crippen molar-refractivity contribution in [1.82, 2.24) is 5.32 Å². The van der Waals surface area contributed by atoms with Gasteiger partial charge in [-0.05, 0) is 50.9 Å². The molecule has 0 spiro atoms. The Kier molecular flexibility index (Phi) is 2.74. The topological polar surface area (TPSA) is 29.1 Å². The van der Waals surface area contributed by atoms with E-state index in [0.29, 0.717) is 12.0 Å². The minimum absolute atomic E-state index is 0.461. The Morgan fingerprint density at radius 3 is 2.88 bits per heavy atom. The van der Waals surface area contributed by atoms with E-state index >= 15 is 0 Å². The van der Waals surface area contributed by atoms with Crippen LogP contribution >= 0.6 is 0 Å². The molecule has 1 N–H and O–H groups in total. The van der Waals surface area contributed by atoms with Crippen LogP contribution < -0.4 is 5.32 Å². The van der Waals surface area contributed by atoms with Gasteiger partial charge in [-0.15, -0.1) is 0 Å². The van der Waals surface area contributed by atoms with Gasteiger partial charge >= 0.3 is 0 Å². The van der Waals surface area contributed by atoms with Crippen LogP contribution in [0.4, 0.5) is 0 Å². The molecule has 0 aromatic rings. The highest BCUT2D eigenvalue weighted by atomic mass is 16.1. The van der Waals surface area contributed by atoms with Gasteiger partial charge in [0.25, 0.3) is 0 Å². The van der Waals surface area contributed by atoms with Crippen LogP contribution in [0.2, 0.25) is 0 Å². The molecule has 3 rings (SSSR count). The summed E-state index contributed by atoms with van der Waals surface area (Å²) in [5.41, 5.74) is 3.51. The van der Waals surface area contributed by atoms with Crippen molar-refractivity contribution in [2.75, 3.05) is 0 Å². The molecule has 0 radical (unpaired) electrons. The van der Waals surface area contributed by atoms with Crippen molar-refractivity contribution in [2.45, 2.75) is 57.4 Å². The van der Waals surface area contributed by atoms with Crippen molar-refractivity contribution < 1.29 is 4.79 Å². The van der Waals surface area contributed by atoms with Gasteiger partial charge in [0.05, 0.1) is 0 Å². The van der Waals surface area contributed by atoms with E-state index in [9.17, 15) is 4.79 Å². The highest BCUT2D eigenvalue weighted by Gasteiger charge is 2.40. The van der Waals surface area contributed by atoms with Crippen molar-refractivity contribution in [3.8, 4) is 0 Å². The van der Waals surface area contributed by atoms with E-state index in [2.05, 4.69) is 5.32 Å². The van der Waals surface area contributed by atoms with Crippen molar-refractivity contribution in [2.24, 2.45) is 11.8 Å². The van der Waals surface area contributed by atoms with E-state index < -0.39 is 0 Å². The second-order valence-corrected chi connectivity index (χ2v) is 5.65. The maximum Gasteiger partial charge on any atom is 0.207 e. The summed E-state index contributed by atoms with van der Waals surface area (Å²) in [6.07, 6.45) is 11.6. The number of fused-ring (bicyclic) bond motifs is 3. The quantitative estimate of drug-likeness (QED) is 0.561. The first-order valence-electron chi connectivity index (χ1n) is 6.80. The summed E-state index contributed by atoms with van der Waals surface area (Å²) in [4.78, 5) is 10.7. The number of carbonyl (C=O) groups is 1. The lowest BCUT2D eigenvalue weighted by atomic mass is 9.63. The molecule has 0 aliphatic heterocycles. The van der Waals surface area contributed by atoms with E-state index in [1.807, 2.05) is 0 Å². The maximum absolute atomic E-state index is 10.7. The summed E-state index contributed by atoms with van der Waals surface area (Å²) in [6, 6.07) is 0.461. The van der Waals surface area contributed by atoms with E-state index in [0.717, 1.165) is 12.3 Å². The highest BCUT2D eigenvalue weighted by Crippen LogP contribution is 2.47. The number of allylic oxidation sites excluding steroid dienone is 1. The van der Waals surface area contributed by atoms with Crippen LogP contribution in [0.1, 0.15) is 51.4 Å². The zero-order valence-corrected chi connectivity index (χ0v) is 9.87. The first-order chi connectivity index (χ1) is 7.90. The first kappa shape index (κ1) is 10.4. The van der Waals surface area contributed by atoms with Gasteiger partial charge in [0.2, 0.25) is 6.41 Å². The molecule has 2 heteroatoms. The predicted molar refractivity (Wildman–Crippen MR) is 63.9 cm³/mol. The Hall–Kier alpha value is -0.790. The molecule has 1 unspecified atom stereocenters. The smallest absolute Gasteiger partial charge is 0.207 e. The van der Waals surface area contributed by atoms with Gasteiger partial charge in [-0.3, -0.25) is 4.79 Å². The normalized spacial score (nSPS) is 37.9. The molecule has 3 aliphatic rings. The number of carbonyl (C=O) groups excluding carboxylic acids is 1. The molecular formula is C14H21NO. The molecule has 16 heavy (non-hydrogen) atoms. The molecule has 1 saturated carbocycles. The zero-order chi connectivity index (χ0) is 11.0. The number of nitrogens with one attached hydrogen (secondary N) is 1. The number of hydrogen-bond donors (Lipinski definition) is 1. The fourth-order valence-corrected chi connectivity index (χ4v) is 4.23. The molecule has 2 nitrogen and oxygen atoms in total. The second-order valence-electron chi connectivity index (χ2n) is 5.65. The summed E-state index contributed by atoms with van der Waals surface area (Å²) in [6.45, 7) is 0. The van der Waals surface area contributed by atoms with Crippen LogP contribution in [0.3, 0.4) is 0 Å². The predicted octanol–water partition coefficient (Wildman–Crippen LogP) is 2.79. The van der Waals surface area contributed by atoms with Crippen molar-refractivity contribution in [1.29, 1.82) is 0 Å². The van der Waals surface area contributed by atoms with Gasteiger partial charge < -0.3 is 5.32 Å². The summed E-state index contributed by atoms with van der Waals surface area (Å²) in [7, 11) is 0. The lowest BCUT2D eigenvalue weighted by Gasteiger charge is -2.46. The van der Waals surface area contributed by atoms with E-state index in [4.69, 9.17) is 0 Å². The third-order valence-corrected chi connectivity index (χ3v) is 4.88. The Balaban J connectivity index is 1.90. The zero-order valence-electron chi connectivity index (χ0n) is 9.87. The molecule has 88 valence electrons. The van der Waals surface area contributed by atoms with Crippen molar-refractivity contribution in [3.63, 3.8) is 0 Å². The van der Waals surface area contributed by atoms with Crippen LogP contribution in [0.25, 0.3) is 0 Å². The Bertz CT molecular complexity index is 321. The summed E-state index contributed by atoms with van der Waals surface area (Å²) < 4.78 is 0. The molecule has 0 heterocycles. The van der Waals surface area contributed by atoms with Crippen LogP contribution in [0.5, 0.6) is 0 Å². The highest BCUT2D eigenvalue weighted by molar-refractivity contribution is 5.48. The molecule has 0 aromatic heterocycles. The van der Waals surface area contributed by atoms with Crippen LogP contribution in [0.15, 0.2) is 11.1 Å². The number of rotatable bonds is 2. The summed E-state index contributed by atoms with van der Waals surface area (Å²) in [5, 5.41) is 3.10. The molecule has 3 atom stereocenters. The summed E-state index contributed by atoms with van der Waals surface area (Å²) >= 11 is 0. The average molecular weight is 219 g/mol. The minimum atomic E-state index is 0.461. The third kappa shape index (κ3) is 1.59. The van der Waals surface area contributed by atoms with Gasteiger partial charge in [0.1, 0.15) is 0 Å². The van der Waals surface area contributed by atoms with Crippen molar-refractivity contribution >= 4 is 6.41 Å². The maximum atomic E-state index is 10.7. The molecule has 0 saturated heterocycles. The molecule has 1 fully saturated rings. The van der Waals surface area contributed by atoms with Gasteiger partial charge in [0.15, 0.2) is 0 Å². The molecular weight excluding hydrogens is 198 g/mol. The Morgan fingerprint density at radius 1 is 1.12 bits per heavy atom. The van der Waals surface area contributed by atoms with Gasteiger partial charge in [-0.1, -0.05) is 17.6 Å². The lowest BCUT2D eigenvalue weighted by molar-refractivity contribution is -0.111. The number of hydrogen-bond acceptors (Lipinski definition) is 1. The fourth-order valence-electron chi connectivity index (χ4n) is 4.23. The standard InChI is InChI=1S/C14H21NO/c16-9-15-14-11-5-3-7-13(14)12-6-2-1-4-10(12)8-11/h9,11,13-14H,1-8H2,(H,15,16)/t11?,13-,14+/m1/s1. The third-order valence-electron chi connectivity index (χ3n) is 4.88. The van der Waals surface area contributed by atoms with Gasteiger partial charge in [0, 0.05) is 12.0 Å². The average Bonchev–Trinajstić information content (AvgIpc) is 2.30. The number of amides is 1. The minimum Gasteiger partial charge on any atom is -0.355 e. The fraction of sp³-hybridized carbons (Fsp3) is 0.786.